The number of hydrogen-bond acceptors (Lipinski definition) is 4. The van der Waals surface area contributed by atoms with Gasteiger partial charge in [-0.1, -0.05) is 17.7 Å². The fraction of sp³-hybridized carbons (Fsp3) is 0.429. The third kappa shape index (κ3) is 2.27. The van der Waals surface area contributed by atoms with Crippen LogP contribution >= 0.6 is 11.6 Å². The van der Waals surface area contributed by atoms with E-state index in [1.165, 1.54) is 19.1 Å². The van der Waals surface area contributed by atoms with Gasteiger partial charge in [0.15, 0.2) is 6.29 Å². The van der Waals surface area contributed by atoms with Crippen molar-refractivity contribution >= 4 is 17.5 Å². The second kappa shape index (κ2) is 5.80. The van der Waals surface area contributed by atoms with E-state index in [1.807, 2.05) is 0 Å². The number of hydrogen-bond donors (Lipinski definition) is 0. The van der Waals surface area contributed by atoms with Gasteiger partial charge in [0.05, 0.1) is 18.2 Å². The largest absolute Gasteiger partial charge is 0.354 e. The lowest BCUT2D eigenvalue weighted by Gasteiger charge is -2.24. The Morgan fingerprint density at radius 2 is 2.10 bits per heavy atom. The van der Waals surface area contributed by atoms with Gasteiger partial charge in [-0.15, -0.1) is 0 Å². The van der Waals surface area contributed by atoms with Gasteiger partial charge in [0.1, 0.15) is 6.04 Å². The molecule has 1 heterocycles. The third-order valence-corrected chi connectivity index (χ3v) is 3.92. The zero-order valence-corrected chi connectivity index (χ0v) is 12.3. The lowest BCUT2D eigenvalue weighted by molar-refractivity contribution is -0.113. The molecule has 1 atom stereocenters. The topological polar surface area (TPSA) is 62.6 Å². The quantitative estimate of drug-likeness (QED) is 0.799. The minimum Gasteiger partial charge on any atom is -0.354 e. The van der Waals surface area contributed by atoms with Crippen LogP contribution < -0.4 is 0 Å². The van der Waals surface area contributed by atoms with Crippen molar-refractivity contribution in [3.63, 3.8) is 0 Å². The standard InChI is InChI=1S/C14H15ClN2O3/c1-8-10(15)5-4-9-11(6-16)17(14(18)13(8)9)7-12(19-2)20-3/h4-5,11-12H,7H2,1-3H3. The second-order valence-electron chi connectivity index (χ2n) is 4.53. The Balaban J connectivity index is 2.42. The van der Waals surface area contributed by atoms with E-state index in [1.54, 1.807) is 19.1 Å². The third-order valence-electron chi connectivity index (χ3n) is 3.51. The van der Waals surface area contributed by atoms with Gasteiger partial charge in [0.2, 0.25) is 0 Å². The Morgan fingerprint density at radius 3 is 2.65 bits per heavy atom. The van der Waals surface area contributed by atoms with Crippen molar-refractivity contribution in [3.8, 4) is 6.07 Å². The van der Waals surface area contributed by atoms with Crippen LogP contribution in [-0.4, -0.2) is 37.9 Å². The molecule has 0 aliphatic carbocycles. The Hall–Kier alpha value is -1.61. The monoisotopic (exact) mass is 294 g/mol. The first-order valence-electron chi connectivity index (χ1n) is 6.10. The lowest BCUT2D eigenvalue weighted by Crippen LogP contribution is -2.36. The summed E-state index contributed by atoms with van der Waals surface area (Å²) in [5.74, 6) is -0.217. The Morgan fingerprint density at radius 1 is 1.45 bits per heavy atom. The van der Waals surface area contributed by atoms with E-state index < -0.39 is 12.3 Å². The van der Waals surface area contributed by atoms with Crippen molar-refractivity contribution in [2.45, 2.75) is 19.3 Å². The molecule has 1 aliphatic rings. The molecule has 5 nitrogen and oxygen atoms in total. The molecule has 106 valence electrons. The van der Waals surface area contributed by atoms with Crippen molar-refractivity contribution in [1.82, 2.24) is 4.90 Å². The number of halogens is 1. The van der Waals surface area contributed by atoms with E-state index in [0.29, 0.717) is 21.7 Å². The Bertz CT molecular complexity index is 579. The molecule has 0 saturated heterocycles. The molecule has 0 fully saturated rings. The highest BCUT2D eigenvalue weighted by molar-refractivity contribution is 6.32. The summed E-state index contributed by atoms with van der Waals surface area (Å²) in [5.41, 5.74) is 1.89. The maximum atomic E-state index is 12.5. The van der Waals surface area contributed by atoms with Crippen molar-refractivity contribution in [1.29, 1.82) is 5.26 Å². The maximum absolute atomic E-state index is 12.5. The smallest absolute Gasteiger partial charge is 0.256 e. The normalized spacial score (nSPS) is 17.5. The molecule has 0 saturated carbocycles. The van der Waals surface area contributed by atoms with Crippen molar-refractivity contribution in [2.75, 3.05) is 20.8 Å². The number of nitrogens with zero attached hydrogens (tertiary/aromatic N) is 2. The van der Waals surface area contributed by atoms with Crippen LogP contribution in [-0.2, 0) is 9.47 Å². The summed E-state index contributed by atoms with van der Waals surface area (Å²) in [6.45, 7) is 1.97. The first kappa shape index (κ1) is 14.8. The zero-order valence-electron chi connectivity index (χ0n) is 11.5. The Labute approximate surface area is 122 Å². The van der Waals surface area contributed by atoms with Gasteiger partial charge < -0.3 is 14.4 Å². The number of rotatable bonds is 4. The van der Waals surface area contributed by atoms with Crippen LogP contribution in [0.1, 0.15) is 27.5 Å². The van der Waals surface area contributed by atoms with Crippen LogP contribution in [0.25, 0.3) is 0 Å². The van der Waals surface area contributed by atoms with Crippen LogP contribution in [0.15, 0.2) is 12.1 Å². The number of fused-ring (bicyclic) bond motifs is 1. The highest BCUT2D eigenvalue weighted by atomic mass is 35.5. The molecule has 0 radical (unpaired) electrons. The highest BCUT2D eigenvalue weighted by Crippen LogP contribution is 2.37. The molecular formula is C14H15ClN2O3. The molecule has 0 aromatic heterocycles. The number of ether oxygens (including phenoxy) is 2. The van der Waals surface area contributed by atoms with Gasteiger partial charge in [-0.2, -0.15) is 5.26 Å². The number of benzene rings is 1. The van der Waals surface area contributed by atoms with E-state index >= 15 is 0 Å². The van der Waals surface area contributed by atoms with E-state index in [2.05, 4.69) is 6.07 Å². The number of nitriles is 1. The minimum atomic E-state index is -0.638. The first-order valence-corrected chi connectivity index (χ1v) is 6.48. The van der Waals surface area contributed by atoms with Gasteiger partial charge in [0, 0.05) is 24.8 Å². The van der Waals surface area contributed by atoms with E-state index in [4.69, 9.17) is 21.1 Å². The molecular weight excluding hydrogens is 280 g/mol. The van der Waals surface area contributed by atoms with Gasteiger partial charge in [-0.3, -0.25) is 4.79 Å². The Kier molecular flexibility index (Phi) is 4.29. The van der Waals surface area contributed by atoms with Gasteiger partial charge >= 0.3 is 0 Å². The van der Waals surface area contributed by atoms with Crippen LogP contribution in [0, 0.1) is 18.3 Å². The van der Waals surface area contributed by atoms with Gasteiger partial charge in [-0.25, -0.2) is 0 Å². The molecule has 6 heteroatoms. The molecule has 20 heavy (non-hydrogen) atoms. The van der Waals surface area contributed by atoms with E-state index in [0.717, 1.165) is 0 Å². The minimum absolute atomic E-state index is 0.190. The number of methoxy groups -OCH3 is 2. The summed E-state index contributed by atoms with van der Waals surface area (Å²) in [6.07, 6.45) is -0.570. The fourth-order valence-electron chi connectivity index (χ4n) is 2.38. The summed E-state index contributed by atoms with van der Waals surface area (Å²) >= 11 is 6.05. The number of carbonyl (C=O) groups is 1. The van der Waals surface area contributed by atoms with Gasteiger partial charge in [0.25, 0.3) is 5.91 Å². The van der Waals surface area contributed by atoms with Crippen molar-refractivity contribution < 1.29 is 14.3 Å². The van der Waals surface area contributed by atoms with Crippen LogP contribution in [0.3, 0.4) is 0 Å². The first-order chi connectivity index (χ1) is 9.54. The molecule has 1 amide bonds. The molecule has 1 aliphatic heterocycles. The summed E-state index contributed by atoms with van der Waals surface area (Å²) < 4.78 is 10.2. The highest BCUT2D eigenvalue weighted by Gasteiger charge is 2.39. The molecule has 0 bridgehead atoms. The van der Waals surface area contributed by atoms with Crippen molar-refractivity contribution in [3.05, 3.63) is 33.8 Å². The summed E-state index contributed by atoms with van der Waals surface area (Å²) in [6, 6.07) is 4.95. The summed E-state index contributed by atoms with van der Waals surface area (Å²) in [7, 11) is 2.98. The average molecular weight is 295 g/mol. The van der Waals surface area contributed by atoms with E-state index in [-0.39, 0.29) is 12.5 Å². The predicted octanol–water partition coefficient (Wildman–Crippen LogP) is 2.29. The van der Waals surface area contributed by atoms with Crippen LogP contribution in [0.2, 0.25) is 5.02 Å². The fourth-order valence-corrected chi connectivity index (χ4v) is 2.54. The molecule has 0 spiro atoms. The zero-order chi connectivity index (χ0) is 14.9. The number of carbonyl (C=O) groups excluding carboxylic acids is 1. The maximum Gasteiger partial charge on any atom is 0.256 e. The molecule has 2 rings (SSSR count). The SMILES string of the molecule is COC(CN1C(=O)c2c(ccc(Cl)c2C)C1C#N)OC. The molecule has 1 unspecified atom stereocenters. The van der Waals surface area contributed by atoms with E-state index in [9.17, 15) is 10.1 Å². The van der Waals surface area contributed by atoms with Crippen LogP contribution in [0.5, 0.6) is 0 Å². The van der Waals surface area contributed by atoms with Crippen LogP contribution in [0.4, 0.5) is 0 Å². The van der Waals surface area contributed by atoms with Gasteiger partial charge in [-0.05, 0) is 18.6 Å². The average Bonchev–Trinajstić information content (AvgIpc) is 2.72. The second-order valence-corrected chi connectivity index (χ2v) is 4.93. The number of amides is 1. The van der Waals surface area contributed by atoms with Crippen molar-refractivity contribution in [2.24, 2.45) is 0 Å². The molecule has 0 N–H and O–H groups in total. The summed E-state index contributed by atoms with van der Waals surface area (Å²) in [4.78, 5) is 14.0. The predicted molar refractivity (Wildman–Crippen MR) is 73.4 cm³/mol. The molecule has 1 aromatic rings. The lowest BCUT2D eigenvalue weighted by atomic mass is 10.0. The molecule has 1 aromatic carbocycles. The summed E-state index contributed by atoms with van der Waals surface area (Å²) in [5, 5.41) is 9.88.